The molecule has 1 aliphatic heterocycles. The minimum absolute atomic E-state index is 0.929. The van der Waals surface area contributed by atoms with Gasteiger partial charge in [-0.1, -0.05) is 0 Å². The van der Waals surface area contributed by atoms with Crippen LogP contribution < -0.4 is 11.1 Å². The Labute approximate surface area is 73.1 Å². The van der Waals surface area contributed by atoms with Crippen LogP contribution in [0.3, 0.4) is 0 Å². The van der Waals surface area contributed by atoms with Crippen molar-refractivity contribution in [3.05, 3.63) is 23.5 Å². The molecule has 1 heterocycles. The molecule has 0 aromatic carbocycles. The molecule has 0 atom stereocenters. The Kier molecular flexibility index (Phi) is 3.54. The molecule has 0 aromatic heterocycles. The number of allylic oxidation sites excluding steroid dienone is 1. The van der Waals surface area contributed by atoms with E-state index in [4.69, 9.17) is 5.73 Å². The first-order chi connectivity index (χ1) is 5.83. The highest BCUT2D eigenvalue weighted by molar-refractivity contribution is 5.78. The molecule has 0 aromatic rings. The van der Waals surface area contributed by atoms with Gasteiger partial charge in [-0.3, -0.25) is 4.99 Å². The van der Waals surface area contributed by atoms with Crippen molar-refractivity contribution in [3.63, 3.8) is 0 Å². The summed E-state index contributed by atoms with van der Waals surface area (Å²) in [5.74, 6) is 0. The third-order valence-electron chi connectivity index (χ3n) is 1.74. The zero-order valence-corrected chi connectivity index (χ0v) is 7.38. The Morgan fingerprint density at radius 1 is 1.75 bits per heavy atom. The van der Waals surface area contributed by atoms with Gasteiger partial charge in [-0.2, -0.15) is 0 Å². The fourth-order valence-corrected chi connectivity index (χ4v) is 0.956. The Morgan fingerprint density at radius 3 is 3.17 bits per heavy atom. The molecule has 0 spiro atoms. The number of nitrogens with one attached hydrogen (secondary N) is 1. The van der Waals surface area contributed by atoms with Crippen LogP contribution in [0.5, 0.6) is 0 Å². The van der Waals surface area contributed by atoms with Crippen molar-refractivity contribution in [1.82, 2.24) is 5.32 Å². The number of hydrogen-bond acceptors (Lipinski definition) is 3. The summed E-state index contributed by atoms with van der Waals surface area (Å²) >= 11 is 0. The van der Waals surface area contributed by atoms with Crippen LogP contribution in [-0.2, 0) is 0 Å². The summed E-state index contributed by atoms with van der Waals surface area (Å²) in [5.41, 5.74) is 7.45. The molecule has 0 aliphatic carbocycles. The van der Waals surface area contributed by atoms with Crippen LogP contribution >= 0.6 is 0 Å². The molecule has 1 aliphatic rings. The van der Waals surface area contributed by atoms with Crippen LogP contribution in [0.25, 0.3) is 0 Å². The number of nitrogens with two attached hydrogens (primary N) is 1. The molecule has 12 heavy (non-hydrogen) atoms. The molecular weight excluding hydrogens is 150 g/mol. The van der Waals surface area contributed by atoms with E-state index in [1.807, 2.05) is 6.92 Å². The first-order valence-electron chi connectivity index (χ1n) is 4.15. The molecule has 0 radical (unpaired) electrons. The second kappa shape index (κ2) is 4.72. The minimum atomic E-state index is 0.929. The number of nitrogens with zero attached hydrogens (tertiary/aromatic N) is 1. The van der Waals surface area contributed by atoms with E-state index in [2.05, 4.69) is 16.4 Å². The molecule has 66 valence electrons. The molecular formula is C9H15N3. The number of rotatable bonds is 2. The standard InChI is InChI=1S/C9H15N3/c1-8(6-10)7-12-9-2-4-11-5-3-9/h2,6-7,11H,3-5,10H2,1H3/b8-6-,12-7?. The molecule has 0 fully saturated rings. The molecule has 0 unspecified atom stereocenters. The lowest BCUT2D eigenvalue weighted by Crippen LogP contribution is -2.19. The second-order valence-corrected chi connectivity index (χ2v) is 2.82. The maximum atomic E-state index is 5.30. The quantitative estimate of drug-likeness (QED) is 0.594. The van der Waals surface area contributed by atoms with Crippen molar-refractivity contribution >= 4 is 6.21 Å². The maximum absolute atomic E-state index is 5.30. The van der Waals surface area contributed by atoms with Gasteiger partial charge in [0.05, 0.1) is 0 Å². The maximum Gasteiger partial charge on any atom is 0.0389 e. The van der Waals surface area contributed by atoms with Crippen LogP contribution in [0, 0.1) is 0 Å². The van der Waals surface area contributed by atoms with E-state index in [1.165, 1.54) is 0 Å². The molecule has 0 saturated carbocycles. The second-order valence-electron chi connectivity index (χ2n) is 2.82. The summed E-state index contributed by atoms with van der Waals surface area (Å²) in [5, 5.41) is 3.23. The third-order valence-corrected chi connectivity index (χ3v) is 1.74. The Morgan fingerprint density at radius 2 is 2.58 bits per heavy atom. The highest BCUT2D eigenvalue weighted by Gasteiger charge is 1.98. The lowest BCUT2D eigenvalue weighted by molar-refractivity contribution is 0.699. The SMILES string of the molecule is C/C(C=NC1=CCNCC1)=C/N. The normalized spacial score (nSPS) is 19.8. The molecule has 0 saturated heterocycles. The highest BCUT2D eigenvalue weighted by Crippen LogP contribution is 2.05. The van der Waals surface area contributed by atoms with E-state index >= 15 is 0 Å². The van der Waals surface area contributed by atoms with Crippen molar-refractivity contribution in [2.45, 2.75) is 13.3 Å². The molecule has 3 N–H and O–H groups in total. The zero-order valence-electron chi connectivity index (χ0n) is 7.38. The van der Waals surface area contributed by atoms with Crippen molar-refractivity contribution in [2.24, 2.45) is 10.7 Å². The number of aliphatic imine (C=N–C) groups is 1. The van der Waals surface area contributed by atoms with E-state index < -0.39 is 0 Å². The van der Waals surface area contributed by atoms with Gasteiger partial charge < -0.3 is 11.1 Å². The van der Waals surface area contributed by atoms with Gasteiger partial charge in [0.15, 0.2) is 0 Å². The van der Waals surface area contributed by atoms with Gasteiger partial charge in [-0.25, -0.2) is 0 Å². The average Bonchev–Trinajstić information content (AvgIpc) is 2.16. The Balaban J connectivity index is 2.49. The van der Waals surface area contributed by atoms with Crippen molar-refractivity contribution in [2.75, 3.05) is 13.1 Å². The highest BCUT2D eigenvalue weighted by atomic mass is 14.9. The smallest absolute Gasteiger partial charge is 0.0389 e. The van der Waals surface area contributed by atoms with Gasteiger partial charge >= 0.3 is 0 Å². The summed E-state index contributed by atoms with van der Waals surface area (Å²) in [6.45, 7) is 3.89. The van der Waals surface area contributed by atoms with Crippen molar-refractivity contribution in [3.8, 4) is 0 Å². The molecule has 3 heteroatoms. The molecule has 0 bridgehead atoms. The van der Waals surface area contributed by atoms with Crippen molar-refractivity contribution in [1.29, 1.82) is 0 Å². The fourth-order valence-electron chi connectivity index (χ4n) is 0.956. The summed E-state index contributed by atoms with van der Waals surface area (Å²) in [6, 6.07) is 0. The van der Waals surface area contributed by atoms with E-state index in [0.29, 0.717) is 0 Å². The lowest BCUT2D eigenvalue weighted by atomic mass is 10.2. The Bertz CT molecular complexity index is 226. The van der Waals surface area contributed by atoms with Gasteiger partial charge in [0, 0.05) is 31.4 Å². The monoisotopic (exact) mass is 165 g/mol. The first kappa shape index (κ1) is 9.00. The van der Waals surface area contributed by atoms with Gasteiger partial charge in [-0.15, -0.1) is 0 Å². The number of hydrogen-bond donors (Lipinski definition) is 2. The lowest BCUT2D eigenvalue weighted by Gasteiger charge is -2.09. The molecule has 0 amide bonds. The fraction of sp³-hybridized carbons (Fsp3) is 0.444. The van der Waals surface area contributed by atoms with Gasteiger partial charge in [0.1, 0.15) is 0 Å². The predicted molar refractivity (Wildman–Crippen MR) is 52.0 cm³/mol. The third kappa shape index (κ3) is 2.88. The topological polar surface area (TPSA) is 50.4 Å². The van der Waals surface area contributed by atoms with Crippen LogP contribution in [-0.4, -0.2) is 19.3 Å². The average molecular weight is 165 g/mol. The van der Waals surface area contributed by atoms with Crippen LogP contribution in [0.2, 0.25) is 0 Å². The summed E-state index contributed by atoms with van der Waals surface area (Å²) in [4.78, 5) is 4.30. The van der Waals surface area contributed by atoms with Crippen LogP contribution in [0.15, 0.2) is 28.5 Å². The summed E-state index contributed by atoms with van der Waals surface area (Å²) < 4.78 is 0. The van der Waals surface area contributed by atoms with Gasteiger partial charge in [-0.05, 0) is 24.8 Å². The zero-order chi connectivity index (χ0) is 8.81. The van der Waals surface area contributed by atoms with E-state index in [1.54, 1.807) is 12.4 Å². The van der Waals surface area contributed by atoms with Crippen molar-refractivity contribution < 1.29 is 0 Å². The predicted octanol–water partition coefficient (Wildman–Crippen LogP) is 0.797. The van der Waals surface area contributed by atoms with Crippen LogP contribution in [0.1, 0.15) is 13.3 Å². The van der Waals surface area contributed by atoms with E-state index in [9.17, 15) is 0 Å². The summed E-state index contributed by atoms with van der Waals surface area (Å²) in [7, 11) is 0. The Hall–Kier alpha value is -1.09. The minimum Gasteiger partial charge on any atom is -0.404 e. The van der Waals surface area contributed by atoms with E-state index in [-0.39, 0.29) is 0 Å². The van der Waals surface area contributed by atoms with Gasteiger partial charge in [0.2, 0.25) is 0 Å². The van der Waals surface area contributed by atoms with Crippen LogP contribution in [0.4, 0.5) is 0 Å². The van der Waals surface area contributed by atoms with Gasteiger partial charge in [0.25, 0.3) is 0 Å². The first-order valence-corrected chi connectivity index (χ1v) is 4.15. The largest absolute Gasteiger partial charge is 0.404 e. The molecule has 3 nitrogen and oxygen atoms in total. The molecule has 1 rings (SSSR count). The van der Waals surface area contributed by atoms with E-state index in [0.717, 1.165) is 30.8 Å². The summed E-state index contributed by atoms with van der Waals surface area (Å²) in [6.07, 6.45) is 6.47.